The largest absolute Gasteiger partial charge is 0.372 e. The van der Waals surface area contributed by atoms with Crippen LogP contribution in [-0.2, 0) is 0 Å². The van der Waals surface area contributed by atoms with Crippen molar-refractivity contribution in [3.05, 3.63) is 23.8 Å². The lowest BCUT2D eigenvalue weighted by Crippen LogP contribution is -2.22. The van der Waals surface area contributed by atoms with Gasteiger partial charge in [-0.05, 0) is 38.5 Å². The summed E-state index contributed by atoms with van der Waals surface area (Å²) in [6.07, 6.45) is 0. The van der Waals surface area contributed by atoms with Crippen molar-refractivity contribution < 1.29 is 0 Å². The molecule has 1 aromatic carbocycles. The van der Waals surface area contributed by atoms with Crippen LogP contribution in [0.3, 0.4) is 0 Å². The summed E-state index contributed by atoms with van der Waals surface area (Å²) in [6.45, 7) is 8.57. The van der Waals surface area contributed by atoms with Gasteiger partial charge in [0, 0.05) is 23.7 Å². The Labute approximate surface area is 86.2 Å². The standard InChI is InChI=1S/C11H17NS/c1-4-12(5-2)10-7-6-8-11(13)9(10)3/h6-8,13H,4-5H2,1-3H3. The van der Waals surface area contributed by atoms with Gasteiger partial charge in [0.05, 0.1) is 0 Å². The van der Waals surface area contributed by atoms with Gasteiger partial charge >= 0.3 is 0 Å². The van der Waals surface area contributed by atoms with E-state index in [4.69, 9.17) is 0 Å². The van der Waals surface area contributed by atoms with Gasteiger partial charge in [0.25, 0.3) is 0 Å². The summed E-state index contributed by atoms with van der Waals surface area (Å²) in [7, 11) is 0. The number of hydrogen-bond donors (Lipinski definition) is 1. The van der Waals surface area contributed by atoms with Crippen molar-refractivity contribution in [2.45, 2.75) is 25.7 Å². The van der Waals surface area contributed by atoms with Crippen molar-refractivity contribution in [1.82, 2.24) is 0 Å². The van der Waals surface area contributed by atoms with E-state index in [0.717, 1.165) is 18.0 Å². The summed E-state index contributed by atoms with van der Waals surface area (Å²) in [5.74, 6) is 0. The lowest BCUT2D eigenvalue weighted by Gasteiger charge is -2.23. The molecule has 1 nitrogen and oxygen atoms in total. The minimum Gasteiger partial charge on any atom is -0.372 e. The van der Waals surface area contributed by atoms with E-state index in [9.17, 15) is 0 Å². The molecule has 0 atom stereocenters. The quantitative estimate of drug-likeness (QED) is 0.725. The molecule has 0 radical (unpaired) electrons. The third-order valence-corrected chi connectivity index (χ3v) is 2.87. The molecule has 1 aromatic rings. The molecule has 0 heterocycles. The molecule has 0 aromatic heterocycles. The molecule has 13 heavy (non-hydrogen) atoms. The topological polar surface area (TPSA) is 3.24 Å². The molecule has 0 unspecified atom stereocenters. The number of thiol groups is 1. The molecular formula is C11H17NS. The summed E-state index contributed by atoms with van der Waals surface area (Å²) in [4.78, 5) is 3.42. The van der Waals surface area contributed by atoms with Crippen LogP contribution in [0.1, 0.15) is 19.4 Å². The highest BCUT2D eigenvalue weighted by Gasteiger charge is 2.05. The second-order valence-electron chi connectivity index (χ2n) is 3.09. The SMILES string of the molecule is CCN(CC)c1cccc(S)c1C. The molecule has 0 amide bonds. The number of hydrogen-bond acceptors (Lipinski definition) is 2. The molecule has 1 rings (SSSR count). The van der Waals surface area contributed by atoms with Gasteiger partial charge in [-0.2, -0.15) is 0 Å². The third kappa shape index (κ3) is 2.19. The molecule has 0 N–H and O–H groups in total. The Hall–Kier alpha value is -0.630. The molecule has 0 bridgehead atoms. The zero-order valence-corrected chi connectivity index (χ0v) is 9.44. The molecule has 0 aliphatic rings. The Morgan fingerprint density at radius 2 is 1.85 bits per heavy atom. The van der Waals surface area contributed by atoms with Crippen LogP contribution in [0.2, 0.25) is 0 Å². The van der Waals surface area contributed by atoms with Gasteiger partial charge in [0.2, 0.25) is 0 Å². The molecule has 0 saturated heterocycles. The van der Waals surface area contributed by atoms with Crippen molar-refractivity contribution in [3.8, 4) is 0 Å². The van der Waals surface area contributed by atoms with E-state index in [1.807, 2.05) is 6.07 Å². The Morgan fingerprint density at radius 3 is 2.38 bits per heavy atom. The van der Waals surface area contributed by atoms with Gasteiger partial charge in [-0.1, -0.05) is 6.07 Å². The highest BCUT2D eigenvalue weighted by atomic mass is 32.1. The first-order chi connectivity index (χ1) is 6.20. The summed E-state index contributed by atoms with van der Waals surface area (Å²) in [6, 6.07) is 6.25. The number of nitrogens with zero attached hydrogens (tertiary/aromatic N) is 1. The first kappa shape index (κ1) is 10.5. The summed E-state index contributed by atoms with van der Waals surface area (Å²) in [5.41, 5.74) is 2.58. The van der Waals surface area contributed by atoms with E-state index in [0.29, 0.717) is 0 Å². The second-order valence-corrected chi connectivity index (χ2v) is 3.58. The molecule has 2 heteroatoms. The van der Waals surface area contributed by atoms with E-state index in [-0.39, 0.29) is 0 Å². The van der Waals surface area contributed by atoms with E-state index in [2.05, 4.69) is 50.4 Å². The van der Waals surface area contributed by atoms with Crippen LogP contribution in [0.25, 0.3) is 0 Å². The Bertz CT molecular complexity index is 279. The average Bonchev–Trinajstić information content (AvgIpc) is 2.14. The fraction of sp³-hybridized carbons (Fsp3) is 0.455. The van der Waals surface area contributed by atoms with Gasteiger partial charge in [0.15, 0.2) is 0 Å². The molecule has 72 valence electrons. The van der Waals surface area contributed by atoms with Gasteiger partial charge in [-0.3, -0.25) is 0 Å². The predicted octanol–water partition coefficient (Wildman–Crippen LogP) is 3.13. The van der Waals surface area contributed by atoms with Crippen molar-refractivity contribution in [2.24, 2.45) is 0 Å². The van der Waals surface area contributed by atoms with Crippen molar-refractivity contribution >= 4 is 18.3 Å². The maximum Gasteiger partial charge on any atom is 0.0406 e. The Morgan fingerprint density at radius 1 is 1.23 bits per heavy atom. The van der Waals surface area contributed by atoms with Gasteiger partial charge in [-0.15, -0.1) is 12.6 Å². The van der Waals surface area contributed by atoms with Crippen LogP contribution in [0.5, 0.6) is 0 Å². The third-order valence-electron chi connectivity index (χ3n) is 2.38. The summed E-state index contributed by atoms with van der Waals surface area (Å²) >= 11 is 4.41. The molecular weight excluding hydrogens is 178 g/mol. The normalized spacial score (nSPS) is 10.2. The zero-order valence-electron chi connectivity index (χ0n) is 8.54. The second kappa shape index (κ2) is 4.56. The highest BCUT2D eigenvalue weighted by Crippen LogP contribution is 2.24. The minimum atomic E-state index is 1.05. The van der Waals surface area contributed by atoms with Gasteiger partial charge in [-0.25, -0.2) is 0 Å². The number of rotatable bonds is 3. The first-order valence-corrected chi connectivity index (χ1v) is 5.19. The monoisotopic (exact) mass is 195 g/mol. The lowest BCUT2D eigenvalue weighted by atomic mass is 10.2. The smallest absolute Gasteiger partial charge is 0.0406 e. The summed E-state index contributed by atoms with van der Waals surface area (Å²) < 4.78 is 0. The number of benzene rings is 1. The maximum atomic E-state index is 4.41. The Kier molecular flexibility index (Phi) is 3.67. The van der Waals surface area contributed by atoms with E-state index < -0.39 is 0 Å². The first-order valence-electron chi connectivity index (χ1n) is 4.74. The molecule has 0 spiro atoms. The zero-order chi connectivity index (χ0) is 9.84. The van der Waals surface area contributed by atoms with E-state index >= 15 is 0 Å². The van der Waals surface area contributed by atoms with Gasteiger partial charge in [0.1, 0.15) is 0 Å². The van der Waals surface area contributed by atoms with Crippen LogP contribution in [-0.4, -0.2) is 13.1 Å². The van der Waals surface area contributed by atoms with Crippen LogP contribution in [0.4, 0.5) is 5.69 Å². The van der Waals surface area contributed by atoms with Gasteiger partial charge < -0.3 is 4.90 Å². The molecule has 0 aliphatic heterocycles. The van der Waals surface area contributed by atoms with E-state index in [1.165, 1.54) is 11.3 Å². The predicted molar refractivity (Wildman–Crippen MR) is 62.0 cm³/mol. The van der Waals surface area contributed by atoms with Crippen LogP contribution in [0.15, 0.2) is 23.1 Å². The van der Waals surface area contributed by atoms with Crippen LogP contribution < -0.4 is 4.90 Å². The average molecular weight is 195 g/mol. The molecule has 0 aliphatic carbocycles. The lowest BCUT2D eigenvalue weighted by molar-refractivity contribution is 0.858. The summed E-state index contributed by atoms with van der Waals surface area (Å²) in [5, 5.41) is 0. The highest BCUT2D eigenvalue weighted by molar-refractivity contribution is 7.80. The molecule has 0 fully saturated rings. The fourth-order valence-electron chi connectivity index (χ4n) is 1.52. The molecule has 0 saturated carbocycles. The minimum absolute atomic E-state index is 1.05. The van der Waals surface area contributed by atoms with E-state index in [1.54, 1.807) is 0 Å². The van der Waals surface area contributed by atoms with Crippen LogP contribution in [0, 0.1) is 6.92 Å². The fourth-order valence-corrected chi connectivity index (χ4v) is 1.72. The maximum absolute atomic E-state index is 4.41. The van der Waals surface area contributed by atoms with Crippen molar-refractivity contribution in [3.63, 3.8) is 0 Å². The van der Waals surface area contributed by atoms with Crippen LogP contribution >= 0.6 is 12.6 Å². The Balaban J connectivity index is 3.05. The number of anilines is 1. The van der Waals surface area contributed by atoms with Crippen molar-refractivity contribution in [2.75, 3.05) is 18.0 Å². The van der Waals surface area contributed by atoms with Crippen molar-refractivity contribution in [1.29, 1.82) is 0 Å².